The van der Waals surface area contributed by atoms with Gasteiger partial charge in [0.2, 0.25) is 5.91 Å². The first-order chi connectivity index (χ1) is 10.2. The van der Waals surface area contributed by atoms with Gasteiger partial charge in [-0.1, -0.05) is 12.8 Å². The zero-order chi connectivity index (χ0) is 14.7. The first-order valence-corrected chi connectivity index (χ1v) is 8.72. The molecule has 3 aliphatic rings. The van der Waals surface area contributed by atoms with E-state index in [1.807, 2.05) is 0 Å². The normalized spacial score (nSPS) is 26.9. The molecule has 0 bridgehead atoms. The fraction of sp³-hybridized carbons (Fsp3) is 0.941. The van der Waals surface area contributed by atoms with Gasteiger partial charge >= 0.3 is 0 Å². The van der Waals surface area contributed by atoms with Crippen molar-refractivity contribution in [3.05, 3.63) is 0 Å². The molecule has 1 spiro atoms. The summed E-state index contributed by atoms with van der Waals surface area (Å²) in [7, 11) is 0. The maximum atomic E-state index is 12.1. The van der Waals surface area contributed by atoms with E-state index in [4.69, 9.17) is 9.47 Å². The van der Waals surface area contributed by atoms with E-state index in [-0.39, 0.29) is 11.7 Å². The van der Waals surface area contributed by atoms with Crippen molar-refractivity contribution in [2.24, 2.45) is 11.8 Å². The van der Waals surface area contributed by atoms with Crippen LogP contribution in [0.1, 0.15) is 64.7 Å². The number of amides is 1. The molecule has 1 amide bonds. The van der Waals surface area contributed by atoms with Gasteiger partial charge in [0.15, 0.2) is 5.79 Å². The van der Waals surface area contributed by atoms with E-state index in [9.17, 15) is 4.79 Å². The number of carbonyl (C=O) groups is 1. The van der Waals surface area contributed by atoms with Gasteiger partial charge in [-0.05, 0) is 44.4 Å². The number of hydrogen-bond donors (Lipinski definition) is 1. The fourth-order valence-electron chi connectivity index (χ4n) is 3.67. The standard InChI is InChI=1S/C17H29NO3/c1-13(2-3-14-4-5-14)18-16(19)12-15-6-8-17(9-7-15)20-10-11-21-17/h13-15H,2-12H2,1H3,(H,18,19)/t13-/m1/s1. The number of carbonyl (C=O) groups excluding carboxylic acids is 1. The highest BCUT2D eigenvalue weighted by Crippen LogP contribution is 2.39. The zero-order valence-electron chi connectivity index (χ0n) is 13.2. The van der Waals surface area contributed by atoms with Crippen molar-refractivity contribution in [2.45, 2.75) is 76.5 Å². The van der Waals surface area contributed by atoms with Gasteiger partial charge in [-0.25, -0.2) is 0 Å². The van der Waals surface area contributed by atoms with Crippen molar-refractivity contribution in [1.82, 2.24) is 5.32 Å². The molecular formula is C17H29NO3. The van der Waals surface area contributed by atoms with Crippen molar-refractivity contribution in [3.8, 4) is 0 Å². The van der Waals surface area contributed by atoms with Crippen LogP contribution in [0, 0.1) is 11.8 Å². The van der Waals surface area contributed by atoms with Crippen LogP contribution in [-0.4, -0.2) is 30.9 Å². The highest BCUT2D eigenvalue weighted by atomic mass is 16.7. The number of hydrogen-bond acceptors (Lipinski definition) is 3. The molecule has 1 heterocycles. The molecule has 3 fully saturated rings. The number of ether oxygens (including phenoxy) is 2. The second kappa shape index (κ2) is 6.66. The predicted molar refractivity (Wildman–Crippen MR) is 80.8 cm³/mol. The summed E-state index contributed by atoms with van der Waals surface area (Å²) < 4.78 is 11.5. The molecule has 3 rings (SSSR count). The molecule has 1 atom stereocenters. The lowest BCUT2D eigenvalue weighted by atomic mass is 9.83. The van der Waals surface area contributed by atoms with E-state index in [1.54, 1.807) is 0 Å². The Morgan fingerprint density at radius 3 is 2.43 bits per heavy atom. The Bertz CT molecular complexity index is 351. The van der Waals surface area contributed by atoms with Gasteiger partial charge in [0.25, 0.3) is 0 Å². The van der Waals surface area contributed by atoms with Crippen molar-refractivity contribution in [3.63, 3.8) is 0 Å². The van der Waals surface area contributed by atoms with Gasteiger partial charge in [-0.15, -0.1) is 0 Å². The molecule has 1 aliphatic heterocycles. The Morgan fingerprint density at radius 2 is 1.81 bits per heavy atom. The van der Waals surface area contributed by atoms with Crippen molar-refractivity contribution in [1.29, 1.82) is 0 Å². The number of rotatable bonds is 6. The van der Waals surface area contributed by atoms with E-state index in [0.717, 1.165) is 51.2 Å². The van der Waals surface area contributed by atoms with Crippen LogP contribution in [0.25, 0.3) is 0 Å². The molecule has 0 aromatic carbocycles. The third kappa shape index (κ3) is 4.43. The molecule has 0 radical (unpaired) electrons. The number of nitrogens with one attached hydrogen (secondary N) is 1. The third-order valence-electron chi connectivity index (χ3n) is 5.27. The smallest absolute Gasteiger partial charge is 0.220 e. The Labute approximate surface area is 127 Å². The predicted octanol–water partition coefficient (Wildman–Crippen LogP) is 3.00. The van der Waals surface area contributed by atoms with E-state index < -0.39 is 0 Å². The monoisotopic (exact) mass is 295 g/mol. The summed E-state index contributed by atoms with van der Waals surface area (Å²) in [6, 6.07) is 0.328. The molecule has 1 saturated heterocycles. The molecular weight excluding hydrogens is 266 g/mol. The fourth-order valence-corrected chi connectivity index (χ4v) is 3.67. The average molecular weight is 295 g/mol. The second-order valence-corrected chi connectivity index (χ2v) is 7.24. The highest BCUT2D eigenvalue weighted by molar-refractivity contribution is 5.76. The van der Waals surface area contributed by atoms with Crippen LogP contribution >= 0.6 is 0 Å². The molecule has 1 N–H and O–H groups in total. The largest absolute Gasteiger partial charge is 0.354 e. The quantitative estimate of drug-likeness (QED) is 0.819. The van der Waals surface area contributed by atoms with E-state index in [1.165, 1.54) is 19.3 Å². The van der Waals surface area contributed by atoms with Crippen molar-refractivity contribution < 1.29 is 14.3 Å². The average Bonchev–Trinajstić information content (AvgIpc) is 3.19. The minimum Gasteiger partial charge on any atom is -0.354 e. The topological polar surface area (TPSA) is 47.6 Å². The molecule has 0 aromatic rings. The van der Waals surface area contributed by atoms with Gasteiger partial charge in [-0.3, -0.25) is 4.79 Å². The summed E-state index contributed by atoms with van der Waals surface area (Å²) in [6.07, 6.45) is 9.86. The Morgan fingerprint density at radius 1 is 1.14 bits per heavy atom. The molecule has 2 saturated carbocycles. The van der Waals surface area contributed by atoms with Crippen LogP contribution in [0.3, 0.4) is 0 Å². The Hall–Kier alpha value is -0.610. The van der Waals surface area contributed by atoms with Crippen LogP contribution < -0.4 is 5.32 Å². The Kier molecular flexibility index (Phi) is 4.85. The zero-order valence-corrected chi connectivity index (χ0v) is 13.2. The Balaban J connectivity index is 1.33. The van der Waals surface area contributed by atoms with Gasteiger partial charge in [0.05, 0.1) is 13.2 Å². The molecule has 0 aromatic heterocycles. The molecule has 21 heavy (non-hydrogen) atoms. The van der Waals surface area contributed by atoms with Crippen LogP contribution in [-0.2, 0) is 14.3 Å². The van der Waals surface area contributed by atoms with Crippen LogP contribution in [0.2, 0.25) is 0 Å². The summed E-state index contributed by atoms with van der Waals surface area (Å²) in [5, 5.41) is 3.17. The van der Waals surface area contributed by atoms with E-state index >= 15 is 0 Å². The molecule has 4 nitrogen and oxygen atoms in total. The summed E-state index contributed by atoms with van der Waals surface area (Å²) in [6.45, 7) is 3.59. The van der Waals surface area contributed by atoms with Crippen LogP contribution in [0.4, 0.5) is 0 Å². The summed E-state index contributed by atoms with van der Waals surface area (Å²) in [5.41, 5.74) is 0. The summed E-state index contributed by atoms with van der Waals surface area (Å²) in [5.74, 6) is 1.38. The van der Waals surface area contributed by atoms with Crippen molar-refractivity contribution >= 4 is 5.91 Å². The summed E-state index contributed by atoms with van der Waals surface area (Å²) >= 11 is 0. The highest BCUT2D eigenvalue weighted by Gasteiger charge is 2.40. The van der Waals surface area contributed by atoms with Crippen LogP contribution in [0.5, 0.6) is 0 Å². The van der Waals surface area contributed by atoms with Crippen LogP contribution in [0.15, 0.2) is 0 Å². The second-order valence-electron chi connectivity index (χ2n) is 7.24. The first kappa shape index (κ1) is 15.3. The lowest BCUT2D eigenvalue weighted by Crippen LogP contribution is -2.38. The minimum absolute atomic E-state index is 0.229. The van der Waals surface area contributed by atoms with Gasteiger partial charge < -0.3 is 14.8 Å². The molecule has 120 valence electrons. The SMILES string of the molecule is C[C@H](CCC1CC1)NC(=O)CC1CCC2(CC1)OCCO2. The molecule has 0 unspecified atom stereocenters. The lowest BCUT2D eigenvalue weighted by molar-refractivity contribution is -0.183. The van der Waals surface area contributed by atoms with Crippen molar-refractivity contribution in [2.75, 3.05) is 13.2 Å². The molecule has 2 aliphatic carbocycles. The third-order valence-corrected chi connectivity index (χ3v) is 5.27. The van der Waals surface area contributed by atoms with Gasteiger partial charge in [0.1, 0.15) is 0 Å². The minimum atomic E-state index is -0.301. The summed E-state index contributed by atoms with van der Waals surface area (Å²) in [4.78, 5) is 12.1. The first-order valence-electron chi connectivity index (χ1n) is 8.72. The maximum absolute atomic E-state index is 12.1. The molecule has 4 heteroatoms. The van der Waals surface area contributed by atoms with E-state index in [0.29, 0.717) is 18.4 Å². The van der Waals surface area contributed by atoms with E-state index in [2.05, 4.69) is 12.2 Å². The maximum Gasteiger partial charge on any atom is 0.220 e. The lowest BCUT2D eigenvalue weighted by Gasteiger charge is -2.35. The van der Waals surface area contributed by atoms with Gasteiger partial charge in [0, 0.05) is 25.3 Å². The van der Waals surface area contributed by atoms with Gasteiger partial charge in [-0.2, -0.15) is 0 Å².